The van der Waals surface area contributed by atoms with Gasteiger partial charge < -0.3 is 10.6 Å². The molecule has 0 spiro atoms. The van der Waals surface area contributed by atoms with E-state index in [-0.39, 0.29) is 36.5 Å². The minimum Gasteiger partial charge on any atom is -0.353 e. The second-order valence-electron chi connectivity index (χ2n) is 8.57. The number of nitrogens with one attached hydrogen (secondary N) is 2. The highest BCUT2D eigenvalue weighted by Crippen LogP contribution is 2.17. The third-order valence-corrected chi connectivity index (χ3v) is 5.64. The third-order valence-electron chi connectivity index (χ3n) is 5.64. The van der Waals surface area contributed by atoms with Crippen molar-refractivity contribution in [1.29, 1.82) is 0 Å². The van der Waals surface area contributed by atoms with Gasteiger partial charge in [0.25, 0.3) is 5.56 Å². The van der Waals surface area contributed by atoms with Gasteiger partial charge in [0, 0.05) is 25.0 Å². The van der Waals surface area contributed by atoms with Crippen LogP contribution >= 0.6 is 0 Å². The van der Waals surface area contributed by atoms with Gasteiger partial charge in [0.05, 0.1) is 10.9 Å². The standard InChI is InChI=1S/C23H32N4O4/c1-16(2)24-21(29)15-27-19-12-6-5-11-18(19)22(30)26(23(27)31)14-8-7-13-20(28)25-17-9-3-4-10-17/h5-6,11-12,16-17H,3-4,7-10,13-15H2,1-2H3,(H,24,29)(H,25,28). The summed E-state index contributed by atoms with van der Waals surface area (Å²) >= 11 is 0. The SMILES string of the molecule is CC(C)NC(=O)Cn1c(=O)n(CCCCC(=O)NC2CCCC2)c(=O)c2ccccc21. The van der Waals surface area contributed by atoms with Crippen molar-refractivity contribution >= 4 is 22.7 Å². The number of hydrogen-bond donors (Lipinski definition) is 2. The summed E-state index contributed by atoms with van der Waals surface area (Å²) < 4.78 is 2.53. The number of para-hydroxylation sites is 1. The summed E-state index contributed by atoms with van der Waals surface area (Å²) in [6.07, 6.45) is 5.91. The molecule has 8 nitrogen and oxygen atoms in total. The molecule has 1 aliphatic rings. The van der Waals surface area contributed by atoms with Crippen molar-refractivity contribution in [2.75, 3.05) is 0 Å². The Balaban J connectivity index is 1.72. The zero-order valence-electron chi connectivity index (χ0n) is 18.4. The van der Waals surface area contributed by atoms with Crippen LogP contribution < -0.4 is 21.9 Å². The van der Waals surface area contributed by atoms with Gasteiger partial charge in [0.15, 0.2) is 0 Å². The van der Waals surface area contributed by atoms with Crippen LogP contribution in [0.25, 0.3) is 10.9 Å². The number of hydrogen-bond acceptors (Lipinski definition) is 4. The van der Waals surface area contributed by atoms with E-state index in [1.54, 1.807) is 24.3 Å². The van der Waals surface area contributed by atoms with Gasteiger partial charge in [0.1, 0.15) is 6.54 Å². The van der Waals surface area contributed by atoms with Crippen molar-refractivity contribution in [3.8, 4) is 0 Å². The average Bonchev–Trinajstić information content (AvgIpc) is 3.23. The number of unbranched alkanes of at least 4 members (excludes halogenated alkanes) is 1. The number of carbonyl (C=O) groups is 2. The molecular weight excluding hydrogens is 396 g/mol. The Kier molecular flexibility index (Phi) is 7.65. The lowest BCUT2D eigenvalue weighted by atomic mass is 10.2. The van der Waals surface area contributed by atoms with Gasteiger partial charge in [-0.15, -0.1) is 0 Å². The van der Waals surface area contributed by atoms with Crippen LogP contribution in [0.2, 0.25) is 0 Å². The van der Waals surface area contributed by atoms with E-state index in [1.807, 2.05) is 13.8 Å². The third kappa shape index (κ3) is 5.83. The highest BCUT2D eigenvalue weighted by Gasteiger charge is 2.18. The summed E-state index contributed by atoms with van der Waals surface area (Å²) in [5.41, 5.74) is -0.418. The second kappa shape index (κ2) is 10.4. The Morgan fingerprint density at radius 3 is 2.45 bits per heavy atom. The smallest absolute Gasteiger partial charge is 0.331 e. The van der Waals surface area contributed by atoms with E-state index in [0.717, 1.165) is 25.7 Å². The molecule has 0 atom stereocenters. The predicted octanol–water partition coefficient (Wildman–Crippen LogP) is 1.92. The van der Waals surface area contributed by atoms with Crippen LogP contribution in [0.5, 0.6) is 0 Å². The van der Waals surface area contributed by atoms with Crippen molar-refractivity contribution in [3.05, 3.63) is 45.1 Å². The summed E-state index contributed by atoms with van der Waals surface area (Å²) in [7, 11) is 0. The molecule has 0 radical (unpaired) electrons. The lowest BCUT2D eigenvalue weighted by Gasteiger charge is -2.15. The molecule has 31 heavy (non-hydrogen) atoms. The van der Waals surface area contributed by atoms with Gasteiger partial charge in [-0.05, 0) is 51.7 Å². The van der Waals surface area contributed by atoms with Gasteiger partial charge in [-0.2, -0.15) is 0 Å². The zero-order valence-corrected chi connectivity index (χ0v) is 18.4. The zero-order chi connectivity index (χ0) is 22.4. The maximum Gasteiger partial charge on any atom is 0.331 e. The fourth-order valence-electron chi connectivity index (χ4n) is 4.16. The summed E-state index contributed by atoms with van der Waals surface area (Å²) in [6.45, 7) is 3.76. The first-order valence-electron chi connectivity index (χ1n) is 11.2. The van der Waals surface area contributed by atoms with Crippen molar-refractivity contribution in [2.24, 2.45) is 0 Å². The molecule has 0 saturated heterocycles. The molecule has 2 N–H and O–H groups in total. The van der Waals surface area contributed by atoms with E-state index in [0.29, 0.717) is 36.2 Å². The molecule has 1 aromatic carbocycles. The van der Waals surface area contributed by atoms with Gasteiger partial charge in [-0.3, -0.25) is 23.5 Å². The number of amides is 2. The Morgan fingerprint density at radius 1 is 1.03 bits per heavy atom. The van der Waals surface area contributed by atoms with E-state index in [9.17, 15) is 19.2 Å². The van der Waals surface area contributed by atoms with Crippen molar-refractivity contribution < 1.29 is 9.59 Å². The van der Waals surface area contributed by atoms with Crippen LogP contribution in [0, 0.1) is 0 Å². The summed E-state index contributed by atoms with van der Waals surface area (Å²) in [5.74, 6) is -0.253. The molecule has 1 aromatic heterocycles. The minimum absolute atomic E-state index is 0.0283. The molecule has 8 heteroatoms. The van der Waals surface area contributed by atoms with Gasteiger partial charge in [-0.1, -0.05) is 25.0 Å². The first-order chi connectivity index (χ1) is 14.9. The number of aromatic nitrogens is 2. The highest BCUT2D eigenvalue weighted by atomic mass is 16.2. The number of fused-ring (bicyclic) bond motifs is 1. The summed E-state index contributed by atoms with van der Waals surface area (Å²) in [6, 6.07) is 7.07. The lowest BCUT2D eigenvalue weighted by Crippen LogP contribution is -2.43. The molecular formula is C23H32N4O4. The Morgan fingerprint density at radius 2 is 1.74 bits per heavy atom. The Hall–Kier alpha value is -2.90. The molecule has 1 heterocycles. The molecule has 168 valence electrons. The van der Waals surface area contributed by atoms with Crippen LogP contribution in [-0.2, 0) is 22.7 Å². The summed E-state index contributed by atoms with van der Waals surface area (Å²) in [4.78, 5) is 50.3. The van der Waals surface area contributed by atoms with Gasteiger partial charge in [0.2, 0.25) is 11.8 Å². The van der Waals surface area contributed by atoms with E-state index in [2.05, 4.69) is 10.6 Å². The first-order valence-corrected chi connectivity index (χ1v) is 11.2. The monoisotopic (exact) mass is 428 g/mol. The van der Waals surface area contributed by atoms with E-state index < -0.39 is 5.69 Å². The molecule has 2 aromatic rings. The van der Waals surface area contributed by atoms with Crippen LogP contribution in [0.15, 0.2) is 33.9 Å². The van der Waals surface area contributed by atoms with Crippen molar-refractivity contribution in [1.82, 2.24) is 19.8 Å². The summed E-state index contributed by atoms with van der Waals surface area (Å²) in [5, 5.41) is 6.24. The predicted molar refractivity (Wildman–Crippen MR) is 120 cm³/mol. The first kappa shape index (κ1) is 22.8. The quantitative estimate of drug-likeness (QED) is 0.596. The minimum atomic E-state index is -0.502. The maximum atomic E-state index is 13.0. The molecule has 3 rings (SSSR count). The van der Waals surface area contributed by atoms with Crippen LogP contribution in [-0.4, -0.2) is 33.0 Å². The van der Waals surface area contributed by atoms with Crippen LogP contribution in [0.3, 0.4) is 0 Å². The highest BCUT2D eigenvalue weighted by molar-refractivity contribution is 5.81. The maximum absolute atomic E-state index is 13.0. The Labute approximate surface area is 181 Å². The van der Waals surface area contributed by atoms with Gasteiger partial charge >= 0.3 is 5.69 Å². The number of benzene rings is 1. The van der Waals surface area contributed by atoms with Crippen molar-refractivity contribution in [3.63, 3.8) is 0 Å². The average molecular weight is 429 g/mol. The number of nitrogens with zero attached hydrogens (tertiary/aromatic N) is 2. The fraction of sp³-hybridized carbons (Fsp3) is 0.565. The lowest BCUT2D eigenvalue weighted by molar-refractivity contribution is -0.122. The van der Waals surface area contributed by atoms with Crippen molar-refractivity contribution in [2.45, 2.75) is 84.0 Å². The van der Waals surface area contributed by atoms with E-state index in [4.69, 9.17) is 0 Å². The molecule has 0 unspecified atom stereocenters. The molecule has 1 fully saturated rings. The van der Waals surface area contributed by atoms with Gasteiger partial charge in [-0.25, -0.2) is 4.79 Å². The molecule has 0 aliphatic heterocycles. The number of rotatable bonds is 9. The second-order valence-corrected chi connectivity index (χ2v) is 8.57. The molecule has 1 aliphatic carbocycles. The molecule has 1 saturated carbocycles. The fourth-order valence-corrected chi connectivity index (χ4v) is 4.16. The molecule has 2 amide bonds. The van der Waals surface area contributed by atoms with Crippen LogP contribution in [0.1, 0.15) is 58.8 Å². The van der Waals surface area contributed by atoms with E-state index in [1.165, 1.54) is 9.13 Å². The largest absolute Gasteiger partial charge is 0.353 e. The number of carbonyl (C=O) groups excluding carboxylic acids is 2. The topological polar surface area (TPSA) is 102 Å². The Bertz CT molecular complexity index is 1050. The molecule has 0 bridgehead atoms. The normalized spacial score (nSPS) is 14.3. The van der Waals surface area contributed by atoms with E-state index >= 15 is 0 Å². The van der Waals surface area contributed by atoms with Crippen LogP contribution in [0.4, 0.5) is 0 Å².